The molecule has 2 atom stereocenters. The van der Waals surface area contributed by atoms with Gasteiger partial charge >= 0.3 is 6.09 Å². The number of carbonyl (C=O) groups excluding carboxylic acids is 1. The lowest BCUT2D eigenvalue weighted by molar-refractivity contribution is 0.0892. The van der Waals surface area contributed by atoms with E-state index < -0.39 is 18.2 Å². The third-order valence-corrected chi connectivity index (χ3v) is 6.83. The van der Waals surface area contributed by atoms with E-state index in [-0.39, 0.29) is 6.61 Å². The average Bonchev–Trinajstić information content (AvgIpc) is 3.02. The van der Waals surface area contributed by atoms with Crippen LogP contribution in [0.2, 0.25) is 0 Å². The number of hydrogen-bond acceptors (Lipinski definition) is 6. The number of aliphatic hydroxyl groups excluding tert-OH is 1. The predicted molar refractivity (Wildman–Crippen MR) is 158 cm³/mol. The van der Waals surface area contributed by atoms with Crippen LogP contribution in [0.15, 0.2) is 103 Å². The van der Waals surface area contributed by atoms with Crippen molar-refractivity contribution in [2.24, 2.45) is 0 Å². The first-order valence-corrected chi connectivity index (χ1v) is 13.6. The molecule has 0 aliphatic heterocycles. The molecule has 0 heterocycles. The van der Waals surface area contributed by atoms with Gasteiger partial charge in [0.15, 0.2) is 11.5 Å². The van der Waals surface area contributed by atoms with Crippen molar-refractivity contribution in [2.45, 2.75) is 44.8 Å². The molecule has 0 fully saturated rings. The summed E-state index contributed by atoms with van der Waals surface area (Å²) < 4.78 is 22.3. The summed E-state index contributed by atoms with van der Waals surface area (Å²) in [6, 6.07) is 32.1. The number of methoxy groups -OCH3 is 2. The molecule has 1 unspecified atom stereocenters. The molecule has 0 aromatic heterocycles. The Balaban J connectivity index is 1.48. The molecule has 4 aromatic carbocycles. The minimum Gasteiger partial charge on any atom is -0.493 e. The molecule has 41 heavy (non-hydrogen) atoms. The van der Waals surface area contributed by atoms with Gasteiger partial charge in [-0.1, -0.05) is 91.0 Å². The maximum absolute atomic E-state index is 12.9. The zero-order valence-electron chi connectivity index (χ0n) is 23.5. The largest absolute Gasteiger partial charge is 0.493 e. The van der Waals surface area contributed by atoms with Gasteiger partial charge in [0, 0.05) is 0 Å². The number of aliphatic hydroxyl groups is 1. The Morgan fingerprint density at radius 2 is 1.37 bits per heavy atom. The first-order chi connectivity index (χ1) is 20.1. The van der Waals surface area contributed by atoms with Crippen LogP contribution in [-0.4, -0.2) is 31.5 Å². The number of hydrogen-bond donors (Lipinski definition) is 2. The molecule has 2 N–H and O–H groups in total. The summed E-state index contributed by atoms with van der Waals surface area (Å²) in [5, 5.41) is 14.5. The minimum absolute atomic E-state index is 0.134. The van der Waals surface area contributed by atoms with Crippen LogP contribution in [-0.2, 0) is 35.7 Å². The highest BCUT2D eigenvalue weighted by molar-refractivity contribution is 5.67. The summed E-state index contributed by atoms with van der Waals surface area (Å²) in [5.41, 5.74) is 4.48. The Kier molecular flexibility index (Phi) is 11.2. The molecule has 0 saturated heterocycles. The summed E-state index contributed by atoms with van der Waals surface area (Å²) in [7, 11) is 3.19. The average molecular weight is 556 g/mol. The maximum atomic E-state index is 12.9. The molecule has 1 amide bonds. The van der Waals surface area contributed by atoms with Gasteiger partial charge < -0.3 is 29.4 Å². The van der Waals surface area contributed by atoms with Crippen molar-refractivity contribution >= 4 is 6.09 Å². The van der Waals surface area contributed by atoms with E-state index in [0.29, 0.717) is 43.1 Å². The van der Waals surface area contributed by atoms with Gasteiger partial charge in [0.1, 0.15) is 6.61 Å². The molecule has 0 aliphatic carbocycles. The van der Waals surface area contributed by atoms with Crippen LogP contribution >= 0.6 is 0 Å². The highest BCUT2D eigenvalue weighted by Crippen LogP contribution is 2.30. The second-order valence-electron chi connectivity index (χ2n) is 9.66. The Bertz CT molecular complexity index is 1360. The first-order valence-electron chi connectivity index (χ1n) is 13.6. The highest BCUT2D eigenvalue weighted by atomic mass is 16.5. The second-order valence-corrected chi connectivity index (χ2v) is 9.66. The number of aryl methyl sites for hydroxylation is 1. The van der Waals surface area contributed by atoms with Gasteiger partial charge in [-0.3, -0.25) is 0 Å². The predicted octanol–water partition coefficient (Wildman–Crippen LogP) is 6.38. The van der Waals surface area contributed by atoms with Crippen molar-refractivity contribution in [2.75, 3.05) is 14.2 Å². The van der Waals surface area contributed by atoms with Crippen molar-refractivity contribution in [3.63, 3.8) is 0 Å². The third kappa shape index (κ3) is 8.83. The van der Waals surface area contributed by atoms with E-state index in [9.17, 15) is 9.90 Å². The number of carbonyl (C=O) groups is 1. The lowest BCUT2D eigenvalue weighted by Gasteiger charge is -2.26. The highest BCUT2D eigenvalue weighted by Gasteiger charge is 2.25. The Morgan fingerprint density at radius 3 is 2.05 bits per heavy atom. The summed E-state index contributed by atoms with van der Waals surface area (Å²) in [4.78, 5) is 12.9. The number of nitrogens with one attached hydrogen (secondary N) is 1. The summed E-state index contributed by atoms with van der Waals surface area (Å²) in [6.07, 6.45) is -0.553. The van der Waals surface area contributed by atoms with E-state index in [1.54, 1.807) is 14.2 Å². The zero-order valence-corrected chi connectivity index (χ0v) is 23.5. The number of amides is 1. The molecule has 0 saturated carbocycles. The number of alkyl carbamates (subject to hydrolysis) is 1. The molecule has 0 radical (unpaired) electrons. The third-order valence-electron chi connectivity index (χ3n) is 6.83. The molecule has 7 nitrogen and oxygen atoms in total. The van der Waals surface area contributed by atoms with Gasteiger partial charge in [-0.05, 0) is 52.8 Å². The molecule has 0 spiro atoms. The maximum Gasteiger partial charge on any atom is 0.407 e. The number of rotatable bonds is 14. The van der Waals surface area contributed by atoms with Crippen LogP contribution in [0.25, 0.3) is 0 Å². The van der Waals surface area contributed by atoms with Gasteiger partial charge in [0.25, 0.3) is 0 Å². The second kappa shape index (κ2) is 15.5. The van der Waals surface area contributed by atoms with Gasteiger partial charge in [-0.15, -0.1) is 0 Å². The number of benzene rings is 4. The molecular formula is C34H37NO6. The van der Waals surface area contributed by atoms with Crippen LogP contribution in [0.5, 0.6) is 11.5 Å². The fourth-order valence-corrected chi connectivity index (χ4v) is 4.61. The van der Waals surface area contributed by atoms with Crippen molar-refractivity contribution in [3.05, 3.63) is 131 Å². The van der Waals surface area contributed by atoms with Crippen LogP contribution in [0.4, 0.5) is 4.79 Å². The van der Waals surface area contributed by atoms with Gasteiger partial charge in [-0.2, -0.15) is 0 Å². The molecular weight excluding hydrogens is 518 g/mol. The topological polar surface area (TPSA) is 86.3 Å². The fourth-order valence-electron chi connectivity index (χ4n) is 4.61. The Labute approximate surface area is 241 Å². The van der Waals surface area contributed by atoms with E-state index in [2.05, 4.69) is 5.32 Å². The van der Waals surface area contributed by atoms with E-state index in [0.717, 1.165) is 22.3 Å². The summed E-state index contributed by atoms with van der Waals surface area (Å²) in [6.45, 7) is 0.913. The summed E-state index contributed by atoms with van der Waals surface area (Å²) in [5.74, 6) is 1.26. The normalized spacial score (nSPS) is 12.3. The lowest BCUT2D eigenvalue weighted by atomic mass is 9.93. The first kappa shape index (κ1) is 29.6. The number of ether oxygens (including phenoxy) is 4. The molecule has 4 rings (SSSR count). The van der Waals surface area contributed by atoms with E-state index in [4.69, 9.17) is 18.9 Å². The van der Waals surface area contributed by atoms with E-state index >= 15 is 0 Å². The van der Waals surface area contributed by atoms with Crippen molar-refractivity contribution in [1.29, 1.82) is 0 Å². The zero-order chi connectivity index (χ0) is 28.9. The molecule has 0 bridgehead atoms. The molecule has 214 valence electrons. The van der Waals surface area contributed by atoms with Crippen molar-refractivity contribution in [1.82, 2.24) is 5.32 Å². The van der Waals surface area contributed by atoms with Gasteiger partial charge in [-0.25, -0.2) is 4.79 Å². The summed E-state index contributed by atoms with van der Waals surface area (Å²) >= 11 is 0. The van der Waals surface area contributed by atoms with Crippen molar-refractivity contribution < 1.29 is 28.8 Å². The lowest BCUT2D eigenvalue weighted by Crippen LogP contribution is -2.40. The molecule has 7 heteroatoms. The standard InChI is InChI=1S/C34H37NO6/c1-38-31-20-18-25(21-32(31)39-2)17-19-30(35-34(37)41-23-27-13-7-4-8-14-27)33(36)29-16-10-9-15-28(29)24-40-22-26-11-5-3-6-12-26/h3-16,18,20-21,30,33,36H,17,19,22-24H2,1-2H3,(H,35,37)/t30-,33?/m1/s1. The minimum atomic E-state index is -0.990. The smallest absolute Gasteiger partial charge is 0.407 e. The van der Waals surface area contributed by atoms with Crippen LogP contribution in [0.3, 0.4) is 0 Å². The fraction of sp³-hybridized carbons (Fsp3) is 0.265. The van der Waals surface area contributed by atoms with E-state index in [1.165, 1.54) is 0 Å². The molecule has 4 aromatic rings. The quantitative estimate of drug-likeness (QED) is 0.188. The van der Waals surface area contributed by atoms with Gasteiger partial charge in [0.05, 0.1) is 39.6 Å². The SMILES string of the molecule is COc1ccc(CC[C@@H](NC(=O)OCc2ccccc2)C(O)c2ccccc2COCc2ccccc2)cc1OC. The molecule has 0 aliphatic rings. The Hall–Kier alpha value is -4.33. The van der Waals surface area contributed by atoms with Crippen molar-refractivity contribution in [3.8, 4) is 11.5 Å². The van der Waals surface area contributed by atoms with Crippen LogP contribution in [0.1, 0.15) is 40.3 Å². The van der Waals surface area contributed by atoms with Gasteiger partial charge in [0.2, 0.25) is 0 Å². The monoisotopic (exact) mass is 555 g/mol. The van der Waals surface area contributed by atoms with Crippen LogP contribution < -0.4 is 14.8 Å². The Morgan fingerprint density at radius 1 is 0.732 bits per heavy atom. The van der Waals surface area contributed by atoms with Crippen LogP contribution in [0, 0.1) is 0 Å². The van der Waals surface area contributed by atoms with E-state index in [1.807, 2.05) is 103 Å².